The molecule has 1 aromatic carbocycles. The van der Waals surface area contributed by atoms with Crippen molar-refractivity contribution in [2.24, 2.45) is 0 Å². The van der Waals surface area contributed by atoms with E-state index >= 15 is 0 Å². The van der Waals surface area contributed by atoms with Crippen molar-refractivity contribution in [2.45, 2.75) is 36.6 Å². The monoisotopic (exact) mass is 391 g/mol. The molecule has 3 aliphatic rings. The Morgan fingerprint density at radius 2 is 1.93 bits per heavy atom. The Bertz CT molecular complexity index is 927. The highest BCUT2D eigenvalue weighted by Gasteiger charge is 2.42. The van der Waals surface area contributed by atoms with E-state index in [-0.39, 0.29) is 36.1 Å². The van der Waals surface area contributed by atoms with Crippen molar-refractivity contribution in [3.63, 3.8) is 0 Å². The summed E-state index contributed by atoms with van der Waals surface area (Å²) in [5.74, 6) is -0.990. The number of hydrogen-bond acceptors (Lipinski definition) is 5. The topological polar surface area (TPSA) is 104 Å². The Kier molecular flexibility index (Phi) is 4.41. The zero-order valence-corrected chi connectivity index (χ0v) is 15.6. The fourth-order valence-electron chi connectivity index (χ4n) is 3.98. The molecule has 0 radical (unpaired) electrons. The lowest BCUT2D eigenvalue weighted by Crippen LogP contribution is -2.54. The summed E-state index contributed by atoms with van der Waals surface area (Å²) in [6.45, 7) is 0.676. The van der Waals surface area contributed by atoms with Crippen molar-refractivity contribution in [3.8, 4) is 0 Å². The number of sulfone groups is 1. The molecule has 1 aliphatic carbocycles. The average Bonchev–Trinajstić information content (AvgIpc) is 3.23. The summed E-state index contributed by atoms with van der Waals surface area (Å²) in [7, 11) is -3.54. The molecule has 144 valence electrons. The van der Waals surface area contributed by atoms with Gasteiger partial charge in [-0.25, -0.2) is 13.2 Å². The van der Waals surface area contributed by atoms with Crippen LogP contribution in [0.25, 0.3) is 0 Å². The number of carbonyl (C=O) groups excluding carboxylic acids is 3. The van der Waals surface area contributed by atoms with Crippen LogP contribution in [-0.2, 0) is 32.3 Å². The minimum absolute atomic E-state index is 0.106. The SMILES string of the molecule is O=C1NC(=O)N2CCN(C(=O)CCS(=O)(=O)c3ccc4c(c3)CCC4)CC12. The van der Waals surface area contributed by atoms with Gasteiger partial charge in [-0.1, -0.05) is 6.07 Å². The number of imide groups is 1. The van der Waals surface area contributed by atoms with Crippen LogP contribution in [0.1, 0.15) is 24.0 Å². The molecular formula is C18H21N3O5S. The smallest absolute Gasteiger partial charge is 0.324 e. The number of rotatable bonds is 4. The van der Waals surface area contributed by atoms with E-state index in [1.165, 1.54) is 15.4 Å². The van der Waals surface area contributed by atoms with E-state index in [1.54, 1.807) is 12.1 Å². The molecule has 0 saturated carbocycles. The fraction of sp³-hybridized carbons (Fsp3) is 0.500. The number of benzene rings is 1. The second-order valence-electron chi connectivity index (χ2n) is 7.20. The van der Waals surface area contributed by atoms with Crippen LogP contribution in [0.3, 0.4) is 0 Å². The first-order valence-electron chi connectivity index (χ1n) is 9.09. The molecule has 0 bridgehead atoms. The average molecular weight is 391 g/mol. The molecule has 1 aromatic rings. The summed E-state index contributed by atoms with van der Waals surface area (Å²) in [6, 6.07) is 4.11. The maximum atomic E-state index is 12.6. The summed E-state index contributed by atoms with van der Waals surface area (Å²) >= 11 is 0. The second kappa shape index (κ2) is 6.63. The first-order chi connectivity index (χ1) is 12.8. The minimum Gasteiger partial charge on any atom is -0.338 e. The van der Waals surface area contributed by atoms with Gasteiger partial charge in [0, 0.05) is 19.5 Å². The van der Waals surface area contributed by atoms with Crippen LogP contribution < -0.4 is 5.32 Å². The molecule has 2 aliphatic heterocycles. The third-order valence-electron chi connectivity index (χ3n) is 5.54. The van der Waals surface area contributed by atoms with Gasteiger partial charge >= 0.3 is 6.03 Å². The van der Waals surface area contributed by atoms with Crippen LogP contribution in [0.2, 0.25) is 0 Å². The number of hydrogen-bond donors (Lipinski definition) is 1. The standard InChI is InChI=1S/C18H21N3O5S/c22-16(20-7-8-21-15(11-20)17(23)19-18(21)24)6-9-27(25,26)14-5-4-12-2-1-3-13(12)10-14/h4-5,10,15H,1-3,6-9,11H2,(H,19,23,24). The summed E-state index contributed by atoms with van der Waals surface area (Å²) in [6.07, 6.45) is 2.78. The first kappa shape index (κ1) is 18.0. The highest BCUT2D eigenvalue weighted by molar-refractivity contribution is 7.91. The Morgan fingerprint density at radius 1 is 1.15 bits per heavy atom. The molecule has 1 N–H and O–H groups in total. The van der Waals surface area contributed by atoms with Gasteiger partial charge in [-0.2, -0.15) is 0 Å². The summed E-state index contributed by atoms with van der Waals surface area (Å²) in [5.41, 5.74) is 2.28. The number of nitrogens with zero attached hydrogens (tertiary/aromatic N) is 2. The number of aryl methyl sites for hydroxylation is 2. The number of piperazine rings is 1. The maximum Gasteiger partial charge on any atom is 0.324 e. The van der Waals surface area contributed by atoms with Crippen molar-refractivity contribution in [1.82, 2.24) is 15.1 Å². The molecule has 1 atom stereocenters. The Balaban J connectivity index is 1.39. The van der Waals surface area contributed by atoms with E-state index in [4.69, 9.17) is 0 Å². The molecule has 0 spiro atoms. The van der Waals surface area contributed by atoms with Gasteiger partial charge in [0.1, 0.15) is 6.04 Å². The largest absolute Gasteiger partial charge is 0.338 e. The van der Waals surface area contributed by atoms with Gasteiger partial charge in [-0.3, -0.25) is 14.9 Å². The van der Waals surface area contributed by atoms with Crippen molar-refractivity contribution < 1.29 is 22.8 Å². The molecule has 1 unspecified atom stereocenters. The highest BCUT2D eigenvalue weighted by atomic mass is 32.2. The van der Waals surface area contributed by atoms with Crippen LogP contribution in [0.15, 0.2) is 23.1 Å². The van der Waals surface area contributed by atoms with Crippen molar-refractivity contribution >= 4 is 27.7 Å². The van der Waals surface area contributed by atoms with Gasteiger partial charge in [0.05, 0.1) is 17.2 Å². The summed E-state index contributed by atoms with van der Waals surface area (Å²) < 4.78 is 25.2. The Labute approximate surface area is 157 Å². The van der Waals surface area contributed by atoms with E-state index in [9.17, 15) is 22.8 Å². The molecular weight excluding hydrogens is 370 g/mol. The predicted octanol–water partition coefficient (Wildman–Crippen LogP) is 0.102. The van der Waals surface area contributed by atoms with E-state index in [1.807, 2.05) is 6.07 Å². The van der Waals surface area contributed by atoms with E-state index in [0.29, 0.717) is 6.54 Å². The van der Waals surface area contributed by atoms with Gasteiger partial charge in [-0.15, -0.1) is 0 Å². The molecule has 2 heterocycles. The van der Waals surface area contributed by atoms with Gasteiger partial charge in [0.2, 0.25) is 5.91 Å². The third-order valence-corrected chi connectivity index (χ3v) is 7.25. The fourth-order valence-corrected chi connectivity index (χ4v) is 5.25. The molecule has 2 fully saturated rings. The van der Waals surface area contributed by atoms with Crippen LogP contribution in [0.5, 0.6) is 0 Å². The predicted molar refractivity (Wildman–Crippen MR) is 95.7 cm³/mol. The lowest BCUT2D eigenvalue weighted by molar-refractivity contribution is -0.134. The molecule has 4 amide bonds. The maximum absolute atomic E-state index is 12.6. The molecule has 0 aromatic heterocycles. The Hall–Kier alpha value is -2.42. The number of fused-ring (bicyclic) bond motifs is 2. The Morgan fingerprint density at radius 3 is 2.74 bits per heavy atom. The van der Waals surface area contributed by atoms with E-state index < -0.39 is 27.8 Å². The molecule has 9 heteroatoms. The summed E-state index contributed by atoms with van der Waals surface area (Å²) in [4.78, 5) is 39.0. The molecule has 8 nitrogen and oxygen atoms in total. The van der Waals surface area contributed by atoms with E-state index in [2.05, 4.69) is 5.32 Å². The van der Waals surface area contributed by atoms with E-state index in [0.717, 1.165) is 24.8 Å². The zero-order chi connectivity index (χ0) is 19.2. The molecule has 27 heavy (non-hydrogen) atoms. The van der Waals surface area contributed by atoms with Crippen molar-refractivity contribution in [2.75, 3.05) is 25.4 Å². The highest BCUT2D eigenvalue weighted by Crippen LogP contribution is 2.25. The number of nitrogens with one attached hydrogen (secondary N) is 1. The van der Waals surface area contributed by atoms with Gasteiger partial charge in [0.25, 0.3) is 5.91 Å². The normalized spacial score (nSPS) is 21.9. The van der Waals surface area contributed by atoms with Gasteiger partial charge < -0.3 is 9.80 Å². The minimum atomic E-state index is -3.54. The third kappa shape index (κ3) is 3.31. The molecule has 2 saturated heterocycles. The zero-order valence-electron chi connectivity index (χ0n) is 14.8. The number of carbonyl (C=O) groups is 3. The number of amides is 4. The lowest BCUT2D eigenvalue weighted by atomic mass is 10.1. The summed E-state index contributed by atoms with van der Waals surface area (Å²) in [5, 5.41) is 2.23. The number of urea groups is 1. The van der Waals surface area contributed by atoms with Gasteiger partial charge in [0.15, 0.2) is 9.84 Å². The van der Waals surface area contributed by atoms with Crippen molar-refractivity contribution in [3.05, 3.63) is 29.3 Å². The molecule has 4 rings (SSSR count). The quantitative estimate of drug-likeness (QED) is 0.734. The van der Waals surface area contributed by atoms with Crippen molar-refractivity contribution in [1.29, 1.82) is 0 Å². The van der Waals surface area contributed by atoms with Crippen LogP contribution in [-0.4, -0.2) is 67.5 Å². The first-order valence-corrected chi connectivity index (χ1v) is 10.7. The lowest BCUT2D eigenvalue weighted by Gasteiger charge is -2.35. The van der Waals surface area contributed by atoms with Gasteiger partial charge in [-0.05, 0) is 42.5 Å². The van der Waals surface area contributed by atoms with Crippen LogP contribution in [0, 0.1) is 0 Å². The van der Waals surface area contributed by atoms with Crippen LogP contribution >= 0.6 is 0 Å². The van der Waals surface area contributed by atoms with Crippen LogP contribution in [0.4, 0.5) is 4.79 Å². The second-order valence-corrected chi connectivity index (χ2v) is 9.31.